The maximum atomic E-state index is 12.5. The van der Waals surface area contributed by atoms with Crippen LogP contribution in [0.1, 0.15) is 77.4 Å². The maximum absolute atomic E-state index is 12.5. The van der Waals surface area contributed by atoms with Gasteiger partial charge in [-0.05, 0) is 56.2 Å². The van der Waals surface area contributed by atoms with Gasteiger partial charge in [-0.1, -0.05) is 36.7 Å². The van der Waals surface area contributed by atoms with E-state index in [1.54, 1.807) is 23.0 Å². The van der Waals surface area contributed by atoms with Gasteiger partial charge in [0.1, 0.15) is 5.01 Å². The van der Waals surface area contributed by atoms with Crippen LogP contribution in [-0.2, 0) is 24.3 Å². The predicted octanol–water partition coefficient (Wildman–Crippen LogP) is 4.27. The fraction of sp³-hybridized carbons (Fsp3) is 0.481. The number of hydrogen-bond donors (Lipinski definition) is 2. The normalized spacial score (nSPS) is 13.9. The van der Waals surface area contributed by atoms with Crippen LogP contribution < -0.4 is 16.2 Å². The molecule has 0 atom stereocenters. The van der Waals surface area contributed by atoms with E-state index in [0.29, 0.717) is 42.5 Å². The Morgan fingerprint density at radius 2 is 1.95 bits per heavy atom. The van der Waals surface area contributed by atoms with Crippen molar-refractivity contribution in [2.45, 2.75) is 77.8 Å². The van der Waals surface area contributed by atoms with E-state index in [0.717, 1.165) is 41.9 Å². The van der Waals surface area contributed by atoms with Gasteiger partial charge in [-0.25, -0.2) is 0 Å². The van der Waals surface area contributed by atoms with Crippen molar-refractivity contribution in [2.24, 2.45) is 5.92 Å². The highest BCUT2D eigenvalue weighted by Gasteiger charge is 2.17. The summed E-state index contributed by atoms with van der Waals surface area (Å²) < 4.78 is 1.65. The third-order valence-corrected chi connectivity index (χ3v) is 7.59. The number of unbranched alkanes of at least 4 members (excludes halogenated alkanes) is 1. The summed E-state index contributed by atoms with van der Waals surface area (Å²) in [6.07, 6.45) is 12.2. The molecule has 10 heteroatoms. The number of aryl methyl sites for hydroxylation is 3. The lowest BCUT2D eigenvalue weighted by Gasteiger charge is -2.20. The Morgan fingerprint density at radius 1 is 1.11 bits per heavy atom. The van der Waals surface area contributed by atoms with E-state index >= 15 is 0 Å². The molecule has 3 heterocycles. The molecular weight excluding hydrogens is 488 g/mol. The Balaban J connectivity index is 1.17. The Labute approximate surface area is 220 Å². The van der Waals surface area contributed by atoms with Gasteiger partial charge in [0.2, 0.25) is 10.9 Å². The molecule has 2 N–H and O–H groups in total. The summed E-state index contributed by atoms with van der Waals surface area (Å²) in [5.41, 5.74) is 2.28. The number of nitrogens with zero attached hydrogens (tertiary/aromatic N) is 4. The van der Waals surface area contributed by atoms with Gasteiger partial charge in [-0.3, -0.25) is 19.4 Å². The van der Waals surface area contributed by atoms with Gasteiger partial charge in [-0.15, -0.1) is 10.2 Å². The van der Waals surface area contributed by atoms with Crippen molar-refractivity contribution in [1.82, 2.24) is 25.1 Å². The molecule has 1 aliphatic rings. The molecule has 1 aliphatic carbocycles. The van der Waals surface area contributed by atoms with Crippen molar-refractivity contribution in [1.29, 1.82) is 0 Å². The second-order valence-corrected chi connectivity index (χ2v) is 10.7. The first-order valence-corrected chi connectivity index (χ1v) is 13.8. The molecule has 0 unspecified atom stereocenters. The Hall–Kier alpha value is -3.40. The SMILES string of the molecule is Cc1ccc(CNC(=O)c2nnc(CCCCn3ccc(NC(=O)CC4CCCCC4)cc3=O)s2)cn1. The van der Waals surface area contributed by atoms with Crippen LogP contribution in [0.5, 0.6) is 0 Å². The molecule has 0 radical (unpaired) electrons. The van der Waals surface area contributed by atoms with Crippen LogP contribution in [0.25, 0.3) is 0 Å². The van der Waals surface area contributed by atoms with Crippen LogP contribution in [0.2, 0.25) is 0 Å². The lowest BCUT2D eigenvalue weighted by atomic mass is 9.87. The van der Waals surface area contributed by atoms with E-state index in [4.69, 9.17) is 0 Å². The number of aromatic nitrogens is 4. The summed E-state index contributed by atoms with van der Waals surface area (Å²) in [6, 6.07) is 7.11. The first kappa shape index (κ1) is 26.7. The van der Waals surface area contributed by atoms with E-state index in [1.807, 2.05) is 19.1 Å². The van der Waals surface area contributed by atoms with Crippen LogP contribution in [-0.4, -0.2) is 31.6 Å². The second-order valence-electron chi connectivity index (χ2n) is 9.65. The van der Waals surface area contributed by atoms with Crippen molar-refractivity contribution in [3.8, 4) is 0 Å². The number of carbonyl (C=O) groups excluding carboxylic acids is 2. The van der Waals surface area contributed by atoms with Gasteiger partial charge in [0.25, 0.3) is 11.5 Å². The van der Waals surface area contributed by atoms with Crippen molar-refractivity contribution in [3.63, 3.8) is 0 Å². The smallest absolute Gasteiger partial charge is 0.282 e. The lowest BCUT2D eigenvalue weighted by Crippen LogP contribution is -2.22. The molecule has 0 saturated heterocycles. The fourth-order valence-electron chi connectivity index (χ4n) is 4.50. The molecule has 3 aromatic rings. The maximum Gasteiger partial charge on any atom is 0.282 e. The Kier molecular flexibility index (Phi) is 9.53. The van der Waals surface area contributed by atoms with Gasteiger partial charge in [0.05, 0.1) is 0 Å². The van der Waals surface area contributed by atoms with Crippen molar-refractivity contribution in [2.75, 3.05) is 5.32 Å². The summed E-state index contributed by atoms with van der Waals surface area (Å²) >= 11 is 1.29. The van der Waals surface area contributed by atoms with E-state index in [-0.39, 0.29) is 17.4 Å². The van der Waals surface area contributed by atoms with E-state index in [9.17, 15) is 14.4 Å². The number of nitrogens with one attached hydrogen (secondary N) is 2. The molecule has 37 heavy (non-hydrogen) atoms. The standard InChI is InChI=1S/C27H34N6O3S/c1-19-10-11-21(17-28-19)18-29-26(36)27-32-31-24(37-27)9-5-6-13-33-14-12-22(16-25(33)35)30-23(34)15-20-7-3-2-4-8-20/h10-12,14,16-17,20H,2-9,13,15,18H2,1H3,(H,29,36)(H,30,34). The average Bonchev–Trinajstić information content (AvgIpc) is 3.37. The molecule has 196 valence electrons. The quantitative estimate of drug-likeness (QED) is 0.363. The second kappa shape index (κ2) is 13.2. The van der Waals surface area contributed by atoms with E-state index in [1.165, 1.54) is 36.7 Å². The van der Waals surface area contributed by atoms with Crippen LogP contribution in [0, 0.1) is 12.8 Å². The summed E-state index contributed by atoms with van der Waals surface area (Å²) in [5, 5.41) is 15.0. The van der Waals surface area contributed by atoms with Gasteiger partial charge in [0.15, 0.2) is 0 Å². The van der Waals surface area contributed by atoms with Gasteiger partial charge >= 0.3 is 0 Å². The number of pyridine rings is 2. The number of rotatable bonds is 11. The van der Waals surface area contributed by atoms with Crippen LogP contribution in [0.3, 0.4) is 0 Å². The van der Waals surface area contributed by atoms with Crippen molar-refractivity contribution < 1.29 is 9.59 Å². The zero-order chi connectivity index (χ0) is 26.0. The van der Waals surface area contributed by atoms with Crippen LogP contribution in [0.15, 0.2) is 41.5 Å². The minimum absolute atomic E-state index is 0.0127. The first-order valence-electron chi connectivity index (χ1n) is 13.0. The molecule has 0 aromatic carbocycles. The zero-order valence-electron chi connectivity index (χ0n) is 21.2. The van der Waals surface area contributed by atoms with Gasteiger partial charge < -0.3 is 15.2 Å². The first-order chi connectivity index (χ1) is 18.0. The highest BCUT2D eigenvalue weighted by Crippen LogP contribution is 2.26. The molecule has 3 aromatic heterocycles. The lowest BCUT2D eigenvalue weighted by molar-refractivity contribution is -0.117. The highest BCUT2D eigenvalue weighted by atomic mass is 32.1. The molecule has 4 rings (SSSR count). The molecular formula is C27H34N6O3S. The summed E-state index contributed by atoms with van der Waals surface area (Å²) in [4.78, 5) is 41.4. The third kappa shape index (κ3) is 8.31. The minimum atomic E-state index is -0.248. The Bertz CT molecular complexity index is 1250. The summed E-state index contributed by atoms with van der Waals surface area (Å²) in [5.74, 6) is 0.201. The van der Waals surface area contributed by atoms with Crippen LogP contribution >= 0.6 is 11.3 Å². The predicted molar refractivity (Wildman–Crippen MR) is 144 cm³/mol. The van der Waals surface area contributed by atoms with E-state index in [2.05, 4.69) is 25.8 Å². The highest BCUT2D eigenvalue weighted by molar-refractivity contribution is 7.13. The average molecular weight is 523 g/mol. The number of hydrogen-bond acceptors (Lipinski definition) is 7. The van der Waals surface area contributed by atoms with Gasteiger partial charge in [0, 0.05) is 55.8 Å². The minimum Gasteiger partial charge on any atom is -0.346 e. The van der Waals surface area contributed by atoms with E-state index < -0.39 is 0 Å². The molecule has 1 saturated carbocycles. The zero-order valence-corrected chi connectivity index (χ0v) is 22.1. The van der Waals surface area contributed by atoms with Gasteiger partial charge in [-0.2, -0.15) is 0 Å². The summed E-state index contributed by atoms with van der Waals surface area (Å²) in [7, 11) is 0. The summed E-state index contributed by atoms with van der Waals surface area (Å²) in [6.45, 7) is 2.88. The topological polar surface area (TPSA) is 119 Å². The number of amides is 2. The number of carbonyl (C=O) groups is 2. The Morgan fingerprint density at radius 3 is 2.70 bits per heavy atom. The van der Waals surface area contributed by atoms with Crippen molar-refractivity contribution in [3.05, 3.63) is 68.3 Å². The largest absolute Gasteiger partial charge is 0.346 e. The fourth-order valence-corrected chi connectivity index (χ4v) is 5.30. The third-order valence-electron chi connectivity index (χ3n) is 6.61. The van der Waals surface area contributed by atoms with Crippen LogP contribution in [0.4, 0.5) is 5.69 Å². The molecule has 0 bridgehead atoms. The molecule has 0 aliphatic heterocycles. The molecule has 2 amide bonds. The van der Waals surface area contributed by atoms with Crippen molar-refractivity contribution >= 4 is 28.8 Å². The molecule has 9 nitrogen and oxygen atoms in total. The number of anilines is 1. The monoisotopic (exact) mass is 522 g/mol. The molecule has 0 spiro atoms. The molecule has 1 fully saturated rings.